The standard InChI is InChI=1S/C17H19ClN2O2S/c18-13-5-7-14(8-6-13)19-17(23)20(11-15-3-1-9-21-15)12-16-4-2-10-22-16/h1,3,5-9,16H,2,4,10-12H2,(H,19,23). The minimum absolute atomic E-state index is 0.218. The van der Waals surface area contributed by atoms with Gasteiger partial charge >= 0.3 is 0 Å². The van der Waals surface area contributed by atoms with Crippen molar-refractivity contribution >= 4 is 34.6 Å². The van der Waals surface area contributed by atoms with Crippen molar-refractivity contribution in [2.24, 2.45) is 0 Å². The number of nitrogens with one attached hydrogen (secondary N) is 1. The molecule has 1 fully saturated rings. The molecule has 23 heavy (non-hydrogen) atoms. The van der Waals surface area contributed by atoms with Crippen LogP contribution in [0.4, 0.5) is 5.69 Å². The SMILES string of the molecule is S=C(Nc1ccc(Cl)cc1)N(Cc1ccco1)CC1CCCO1. The molecule has 0 amide bonds. The van der Waals surface area contributed by atoms with Gasteiger partial charge in [-0.3, -0.25) is 0 Å². The summed E-state index contributed by atoms with van der Waals surface area (Å²) in [5.74, 6) is 0.878. The smallest absolute Gasteiger partial charge is 0.173 e. The Morgan fingerprint density at radius 3 is 2.78 bits per heavy atom. The number of nitrogens with zero attached hydrogens (tertiary/aromatic N) is 1. The number of rotatable bonds is 5. The van der Waals surface area contributed by atoms with Gasteiger partial charge in [-0.15, -0.1) is 0 Å². The van der Waals surface area contributed by atoms with Crippen LogP contribution in [0.15, 0.2) is 47.1 Å². The summed E-state index contributed by atoms with van der Waals surface area (Å²) in [6.45, 7) is 2.20. The molecule has 1 N–H and O–H groups in total. The quantitative estimate of drug-likeness (QED) is 0.813. The van der Waals surface area contributed by atoms with E-state index in [4.69, 9.17) is 33.0 Å². The zero-order valence-electron chi connectivity index (χ0n) is 12.7. The Morgan fingerprint density at radius 1 is 1.30 bits per heavy atom. The van der Waals surface area contributed by atoms with Crippen molar-refractivity contribution in [3.63, 3.8) is 0 Å². The Balaban J connectivity index is 1.67. The molecule has 2 heterocycles. The average Bonchev–Trinajstić information content (AvgIpc) is 3.22. The summed E-state index contributed by atoms with van der Waals surface area (Å²) in [5.41, 5.74) is 0.913. The molecule has 6 heteroatoms. The molecule has 4 nitrogen and oxygen atoms in total. The lowest BCUT2D eigenvalue weighted by atomic mass is 10.2. The van der Waals surface area contributed by atoms with Gasteiger partial charge in [-0.2, -0.15) is 0 Å². The first-order valence-electron chi connectivity index (χ1n) is 7.66. The summed E-state index contributed by atoms with van der Waals surface area (Å²) in [4.78, 5) is 2.08. The number of hydrogen-bond acceptors (Lipinski definition) is 3. The Hall–Kier alpha value is -1.56. The number of halogens is 1. The van der Waals surface area contributed by atoms with Gasteiger partial charge < -0.3 is 19.4 Å². The van der Waals surface area contributed by atoms with Gasteiger partial charge in [0.15, 0.2) is 5.11 Å². The van der Waals surface area contributed by atoms with Gasteiger partial charge in [0, 0.05) is 23.9 Å². The molecule has 2 aromatic rings. The van der Waals surface area contributed by atoms with Gasteiger partial charge in [-0.05, 0) is 61.5 Å². The van der Waals surface area contributed by atoms with E-state index in [0.717, 1.165) is 37.4 Å². The minimum Gasteiger partial charge on any atom is -0.467 e. The maximum atomic E-state index is 5.92. The van der Waals surface area contributed by atoms with Crippen molar-refractivity contribution in [1.29, 1.82) is 0 Å². The fourth-order valence-corrected chi connectivity index (χ4v) is 2.96. The van der Waals surface area contributed by atoms with E-state index >= 15 is 0 Å². The van der Waals surface area contributed by atoms with Gasteiger partial charge in [0.2, 0.25) is 0 Å². The number of benzene rings is 1. The van der Waals surface area contributed by atoms with Crippen molar-refractivity contribution in [2.45, 2.75) is 25.5 Å². The zero-order chi connectivity index (χ0) is 16.1. The van der Waals surface area contributed by atoms with Crippen molar-refractivity contribution in [2.75, 3.05) is 18.5 Å². The first kappa shape index (κ1) is 16.3. The topological polar surface area (TPSA) is 37.6 Å². The molecule has 3 rings (SSSR count). The molecule has 1 atom stereocenters. The minimum atomic E-state index is 0.218. The van der Waals surface area contributed by atoms with E-state index in [1.54, 1.807) is 6.26 Å². The Kier molecular flexibility index (Phi) is 5.54. The number of thiocarbonyl (C=S) groups is 1. The van der Waals surface area contributed by atoms with E-state index in [1.807, 2.05) is 36.4 Å². The van der Waals surface area contributed by atoms with E-state index in [9.17, 15) is 0 Å². The van der Waals surface area contributed by atoms with Gasteiger partial charge in [0.05, 0.1) is 18.9 Å². The lowest BCUT2D eigenvalue weighted by Gasteiger charge is -2.27. The third kappa shape index (κ3) is 4.70. The molecule has 0 spiro atoms. The zero-order valence-corrected chi connectivity index (χ0v) is 14.3. The highest BCUT2D eigenvalue weighted by Gasteiger charge is 2.21. The van der Waals surface area contributed by atoms with Crippen LogP contribution in [0.3, 0.4) is 0 Å². The molecule has 0 saturated carbocycles. The second-order valence-electron chi connectivity index (χ2n) is 5.53. The first-order chi connectivity index (χ1) is 11.2. The molecule has 1 aromatic carbocycles. The molecule has 1 unspecified atom stereocenters. The maximum absolute atomic E-state index is 5.92. The fourth-order valence-electron chi connectivity index (χ4n) is 2.58. The van der Waals surface area contributed by atoms with Crippen LogP contribution in [0.5, 0.6) is 0 Å². The molecule has 0 radical (unpaired) electrons. The third-order valence-electron chi connectivity index (χ3n) is 3.76. The normalized spacial score (nSPS) is 17.2. The van der Waals surface area contributed by atoms with Crippen LogP contribution in [0, 0.1) is 0 Å². The molecular weight excluding hydrogens is 332 g/mol. The van der Waals surface area contributed by atoms with E-state index in [1.165, 1.54) is 0 Å². The second-order valence-corrected chi connectivity index (χ2v) is 6.36. The lowest BCUT2D eigenvalue weighted by Crippen LogP contribution is -2.39. The summed E-state index contributed by atoms with van der Waals surface area (Å²) in [6.07, 6.45) is 4.07. The van der Waals surface area contributed by atoms with Crippen molar-refractivity contribution in [1.82, 2.24) is 4.90 Å². The van der Waals surface area contributed by atoms with Gasteiger partial charge in [0.25, 0.3) is 0 Å². The molecule has 0 aliphatic carbocycles. The summed E-state index contributed by atoms with van der Waals surface area (Å²) in [5, 5.41) is 4.61. The molecule has 1 aliphatic rings. The van der Waals surface area contributed by atoms with E-state index in [0.29, 0.717) is 16.7 Å². The largest absolute Gasteiger partial charge is 0.467 e. The number of furan rings is 1. The van der Waals surface area contributed by atoms with E-state index in [2.05, 4.69) is 10.2 Å². The summed E-state index contributed by atoms with van der Waals surface area (Å²) >= 11 is 11.5. The van der Waals surface area contributed by atoms with Crippen LogP contribution in [0.25, 0.3) is 0 Å². The van der Waals surface area contributed by atoms with Crippen LogP contribution in [-0.2, 0) is 11.3 Å². The van der Waals surface area contributed by atoms with Crippen molar-refractivity contribution in [3.8, 4) is 0 Å². The second kappa shape index (κ2) is 7.81. The highest BCUT2D eigenvalue weighted by atomic mass is 35.5. The highest BCUT2D eigenvalue weighted by Crippen LogP contribution is 2.18. The first-order valence-corrected chi connectivity index (χ1v) is 8.45. The molecule has 0 bridgehead atoms. The number of anilines is 1. The summed E-state index contributed by atoms with van der Waals surface area (Å²) in [6, 6.07) is 11.3. The van der Waals surface area contributed by atoms with Crippen LogP contribution in [-0.4, -0.2) is 29.3 Å². The van der Waals surface area contributed by atoms with Crippen molar-refractivity contribution in [3.05, 3.63) is 53.4 Å². The van der Waals surface area contributed by atoms with Gasteiger partial charge in [0.1, 0.15) is 5.76 Å². The van der Waals surface area contributed by atoms with E-state index in [-0.39, 0.29) is 6.10 Å². The van der Waals surface area contributed by atoms with Crippen LogP contribution < -0.4 is 5.32 Å². The maximum Gasteiger partial charge on any atom is 0.173 e. The summed E-state index contributed by atoms with van der Waals surface area (Å²) < 4.78 is 11.2. The molecule has 122 valence electrons. The van der Waals surface area contributed by atoms with E-state index < -0.39 is 0 Å². The predicted octanol–water partition coefficient (Wildman–Crippen LogP) is 4.31. The van der Waals surface area contributed by atoms with Crippen LogP contribution in [0.1, 0.15) is 18.6 Å². The van der Waals surface area contributed by atoms with Crippen LogP contribution >= 0.6 is 23.8 Å². The van der Waals surface area contributed by atoms with Gasteiger partial charge in [-0.25, -0.2) is 0 Å². The molecular formula is C17H19ClN2O2S. The highest BCUT2D eigenvalue weighted by molar-refractivity contribution is 7.80. The Labute approximate surface area is 146 Å². The number of ether oxygens (including phenoxy) is 1. The van der Waals surface area contributed by atoms with Crippen molar-refractivity contribution < 1.29 is 9.15 Å². The predicted molar refractivity (Wildman–Crippen MR) is 95.8 cm³/mol. The van der Waals surface area contributed by atoms with Gasteiger partial charge in [-0.1, -0.05) is 11.6 Å². The Morgan fingerprint density at radius 2 is 2.13 bits per heavy atom. The fraction of sp³-hybridized carbons (Fsp3) is 0.353. The number of hydrogen-bond donors (Lipinski definition) is 1. The lowest BCUT2D eigenvalue weighted by molar-refractivity contribution is 0.0892. The molecule has 1 saturated heterocycles. The average molecular weight is 351 g/mol. The molecule has 1 aromatic heterocycles. The third-order valence-corrected chi connectivity index (χ3v) is 4.37. The summed E-state index contributed by atoms with van der Waals surface area (Å²) in [7, 11) is 0. The monoisotopic (exact) mass is 350 g/mol. The Bertz CT molecular complexity index is 625. The molecule has 1 aliphatic heterocycles. The van der Waals surface area contributed by atoms with Crippen LogP contribution in [0.2, 0.25) is 5.02 Å².